The van der Waals surface area contributed by atoms with Crippen molar-refractivity contribution in [1.29, 1.82) is 0 Å². The zero-order chi connectivity index (χ0) is 20.8. The number of nitrogens with zero attached hydrogens (tertiary/aromatic N) is 3. The third-order valence-corrected chi connectivity index (χ3v) is 5.49. The molecule has 10 heteroatoms. The van der Waals surface area contributed by atoms with E-state index in [1.54, 1.807) is 6.07 Å². The van der Waals surface area contributed by atoms with Crippen LogP contribution in [0.2, 0.25) is 5.15 Å². The summed E-state index contributed by atoms with van der Waals surface area (Å²) in [5.74, 6) is -4.76. The summed E-state index contributed by atoms with van der Waals surface area (Å²) in [6.45, 7) is 2.92. The van der Waals surface area contributed by atoms with Crippen molar-refractivity contribution in [3.05, 3.63) is 52.6 Å². The lowest BCUT2D eigenvalue weighted by molar-refractivity contribution is -0.123. The maximum Gasteiger partial charge on any atom is 0.332 e. The number of carbonyl (C=O) groups excluding carboxylic acids is 2. The Balaban J connectivity index is 2.05. The number of urea groups is 1. The van der Waals surface area contributed by atoms with E-state index in [9.17, 15) is 22.8 Å². The van der Waals surface area contributed by atoms with Crippen LogP contribution in [0.3, 0.4) is 0 Å². The number of hydrogen-bond donors (Lipinski definition) is 0. The number of anilines is 1. The molecule has 1 aromatic heterocycles. The van der Waals surface area contributed by atoms with E-state index >= 15 is 0 Å². The first-order chi connectivity index (χ1) is 13.1. The molecule has 1 aliphatic rings. The normalized spacial score (nSPS) is 16.2. The summed E-state index contributed by atoms with van der Waals surface area (Å²) in [7, 11) is 0. The smallest absolute Gasteiger partial charge is 0.305 e. The zero-order valence-electron chi connectivity index (χ0n) is 15.1. The monoisotopic (exact) mass is 429 g/mol. The van der Waals surface area contributed by atoms with Crippen LogP contribution in [0.5, 0.6) is 0 Å². The highest BCUT2D eigenvalue weighted by atomic mass is 35.5. The van der Waals surface area contributed by atoms with Crippen LogP contribution in [0.1, 0.15) is 19.4 Å². The van der Waals surface area contributed by atoms with Gasteiger partial charge >= 0.3 is 6.03 Å². The van der Waals surface area contributed by atoms with Crippen LogP contribution >= 0.6 is 23.4 Å². The van der Waals surface area contributed by atoms with E-state index in [0.717, 1.165) is 0 Å². The van der Waals surface area contributed by atoms with Gasteiger partial charge in [0.15, 0.2) is 11.6 Å². The second-order valence-corrected chi connectivity index (χ2v) is 7.80. The van der Waals surface area contributed by atoms with E-state index in [4.69, 9.17) is 11.6 Å². The predicted molar refractivity (Wildman–Crippen MR) is 99.8 cm³/mol. The first-order valence-corrected chi connectivity index (χ1v) is 9.68. The number of imide groups is 1. The number of benzene rings is 1. The number of rotatable bonds is 4. The Hall–Kier alpha value is -2.26. The summed E-state index contributed by atoms with van der Waals surface area (Å²) >= 11 is 6.53. The molecular formula is C18H15ClF3N3O2S. The van der Waals surface area contributed by atoms with E-state index in [-0.39, 0.29) is 11.7 Å². The number of aromatic nitrogens is 1. The van der Waals surface area contributed by atoms with Gasteiger partial charge in [-0.15, -0.1) is 11.8 Å². The summed E-state index contributed by atoms with van der Waals surface area (Å²) in [4.78, 5) is 30.7. The van der Waals surface area contributed by atoms with Crippen molar-refractivity contribution in [3.8, 4) is 0 Å². The molecule has 0 unspecified atom stereocenters. The first-order valence-electron chi connectivity index (χ1n) is 8.07. The third kappa shape index (κ3) is 3.22. The van der Waals surface area contributed by atoms with Gasteiger partial charge in [-0.25, -0.2) is 27.8 Å². The molecule has 0 N–H and O–H groups in total. The number of thioether (sulfide) groups is 1. The van der Waals surface area contributed by atoms with Crippen molar-refractivity contribution < 1.29 is 22.8 Å². The molecule has 148 valence electrons. The van der Waals surface area contributed by atoms with Crippen LogP contribution in [0.4, 0.5) is 23.7 Å². The minimum atomic E-state index is -1.46. The number of amides is 3. The highest BCUT2D eigenvalue weighted by molar-refractivity contribution is 7.98. The van der Waals surface area contributed by atoms with Crippen molar-refractivity contribution in [3.63, 3.8) is 0 Å². The molecule has 0 bridgehead atoms. The van der Waals surface area contributed by atoms with Crippen molar-refractivity contribution in [1.82, 2.24) is 9.88 Å². The Morgan fingerprint density at radius 1 is 1.18 bits per heavy atom. The van der Waals surface area contributed by atoms with Gasteiger partial charge in [-0.05, 0) is 37.8 Å². The van der Waals surface area contributed by atoms with Gasteiger partial charge in [0, 0.05) is 18.8 Å². The Labute approximate surface area is 168 Å². The van der Waals surface area contributed by atoms with Crippen LogP contribution in [0.25, 0.3) is 0 Å². The van der Waals surface area contributed by atoms with Gasteiger partial charge in [0.25, 0.3) is 5.91 Å². The van der Waals surface area contributed by atoms with Crippen LogP contribution in [0.15, 0.2) is 29.3 Å². The third-order valence-electron chi connectivity index (χ3n) is 4.50. The lowest BCUT2D eigenvalue weighted by Gasteiger charge is -2.27. The summed E-state index contributed by atoms with van der Waals surface area (Å²) in [5, 5.41) is 0.202. The molecule has 0 saturated carbocycles. The second-order valence-electron chi connectivity index (χ2n) is 6.59. The van der Waals surface area contributed by atoms with Gasteiger partial charge in [0.05, 0.1) is 10.6 Å². The lowest BCUT2D eigenvalue weighted by Crippen LogP contribution is -2.43. The molecule has 1 aliphatic heterocycles. The van der Waals surface area contributed by atoms with Gasteiger partial charge < -0.3 is 4.90 Å². The van der Waals surface area contributed by atoms with Crippen LogP contribution < -0.4 is 4.90 Å². The maximum absolute atomic E-state index is 14.5. The molecule has 2 heterocycles. The quantitative estimate of drug-likeness (QED) is 0.308. The molecule has 1 aromatic carbocycles. The van der Waals surface area contributed by atoms with E-state index < -0.39 is 45.5 Å². The molecule has 3 amide bonds. The highest BCUT2D eigenvalue weighted by Crippen LogP contribution is 2.38. The maximum atomic E-state index is 14.5. The Morgan fingerprint density at radius 3 is 2.46 bits per heavy atom. The van der Waals surface area contributed by atoms with E-state index in [2.05, 4.69) is 4.98 Å². The summed E-state index contributed by atoms with van der Waals surface area (Å²) in [6, 6.07) is 2.89. The molecule has 1 saturated heterocycles. The van der Waals surface area contributed by atoms with Crippen molar-refractivity contribution >= 4 is 41.0 Å². The summed E-state index contributed by atoms with van der Waals surface area (Å²) < 4.78 is 42.9. The fraction of sp³-hybridized carbons (Fsp3) is 0.278. The molecule has 1 fully saturated rings. The SMILES string of the molecule is CSc1c(F)cc(N2C(=O)N(Cc3ccnc(Cl)c3)C(C)(C)C2=O)c(F)c1F. The number of carbonyl (C=O) groups is 2. The minimum absolute atomic E-state index is 0.0220. The largest absolute Gasteiger partial charge is 0.332 e. The number of pyridine rings is 1. The van der Waals surface area contributed by atoms with Gasteiger partial charge in [-0.1, -0.05) is 11.6 Å². The van der Waals surface area contributed by atoms with Crippen molar-refractivity contribution in [2.24, 2.45) is 0 Å². The van der Waals surface area contributed by atoms with Gasteiger partial charge in [-0.2, -0.15) is 0 Å². The molecule has 0 atom stereocenters. The number of hydrogen-bond acceptors (Lipinski definition) is 4. The van der Waals surface area contributed by atoms with Gasteiger partial charge in [0.2, 0.25) is 0 Å². The zero-order valence-corrected chi connectivity index (χ0v) is 16.7. The van der Waals surface area contributed by atoms with E-state index in [0.29, 0.717) is 28.3 Å². The predicted octanol–water partition coefficient (Wildman–Crippen LogP) is 4.62. The molecule has 3 rings (SSSR count). The van der Waals surface area contributed by atoms with Crippen LogP contribution in [-0.2, 0) is 11.3 Å². The topological polar surface area (TPSA) is 53.5 Å². The molecule has 0 aliphatic carbocycles. The molecule has 0 radical (unpaired) electrons. The second kappa shape index (κ2) is 7.29. The van der Waals surface area contributed by atoms with Crippen LogP contribution in [0, 0.1) is 17.5 Å². The van der Waals surface area contributed by atoms with Crippen molar-refractivity contribution in [2.45, 2.75) is 30.8 Å². The summed E-state index contributed by atoms with van der Waals surface area (Å²) in [6.07, 6.45) is 2.83. The van der Waals surface area contributed by atoms with Gasteiger partial charge in [0.1, 0.15) is 16.5 Å². The molecule has 2 aromatic rings. The fourth-order valence-electron chi connectivity index (χ4n) is 2.95. The van der Waals surface area contributed by atoms with Crippen LogP contribution in [-0.4, -0.2) is 33.6 Å². The lowest BCUT2D eigenvalue weighted by atomic mass is 10.0. The molecular weight excluding hydrogens is 415 g/mol. The average Bonchev–Trinajstić information content (AvgIpc) is 2.79. The minimum Gasteiger partial charge on any atom is -0.305 e. The Morgan fingerprint density at radius 2 is 1.86 bits per heavy atom. The average molecular weight is 430 g/mol. The standard InChI is InChI=1S/C18H15ClF3N3O2S/c1-18(2)16(26)25(11-7-10(20)15(28-3)14(22)13(11)21)17(27)24(18)8-9-4-5-23-12(19)6-9/h4-7H,8H2,1-3H3. The Kier molecular flexibility index (Phi) is 5.33. The first kappa shape index (κ1) is 20.5. The van der Waals surface area contributed by atoms with Crippen molar-refractivity contribution in [2.75, 3.05) is 11.2 Å². The highest BCUT2D eigenvalue weighted by Gasteiger charge is 2.52. The molecule has 28 heavy (non-hydrogen) atoms. The fourth-order valence-corrected chi connectivity index (χ4v) is 3.67. The number of halogens is 4. The van der Waals surface area contributed by atoms with E-state index in [1.165, 1.54) is 37.3 Å². The molecule has 0 spiro atoms. The van der Waals surface area contributed by atoms with Gasteiger partial charge in [-0.3, -0.25) is 4.79 Å². The summed E-state index contributed by atoms with van der Waals surface area (Å²) in [5.41, 5.74) is -1.54. The Bertz CT molecular complexity index is 987. The molecule has 5 nitrogen and oxygen atoms in total. The van der Waals surface area contributed by atoms with E-state index in [1.807, 2.05) is 0 Å².